The van der Waals surface area contributed by atoms with E-state index in [1.165, 1.54) is 0 Å². The zero-order valence-electron chi connectivity index (χ0n) is 28.7. The Labute approximate surface area is 295 Å². The van der Waals surface area contributed by atoms with E-state index in [-0.39, 0.29) is 0 Å². The fourth-order valence-electron chi connectivity index (χ4n) is 7.23. The van der Waals surface area contributed by atoms with Gasteiger partial charge in [0, 0.05) is 79.2 Å². The van der Waals surface area contributed by atoms with Gasteiger partial charge < -0.3 is 9.97 Å². The van der Waals surface area contributed by atoms with E-state index in [0.717, 1.165) is 89.4 Å². The van der Waals surface area contributed by atoms with Gasteiger partial charge in [0.2, 0.25) is 0 Å². The Bertz CT molecular complexity index is 2590. The maximum atomic E-state index is 5.37. The summed E-state index contributed by atoms with van der Waals surface area (Å²) in [5.74, 6) is 0. The minimum absolute atomic E-state index is 0.872. The van der Waals surface area contributed by atoms with Crippen molar-refractivity contribution in [3.63, 3.8) is 0 Å². The zero-order chi connectivity index (χ0) is 34.5. The average Bonchev–Trinajstić information content (AvgIpc) is 3.97. The van der Waals surface area contributed by atoms with Crippen LogP contribution in [-0.2, 0) is 21.1 Å². The summed E-state index contributed by atoms with van der Waals surface area (Å²) in [6, 6.07) is 31.9. The fraction of sp³-hybridized carbons (Fsp3) is 0.0682. The number of nitrogens with one attached hydrogen (secondary N) is 2. The maximum Gasteiger partial charge on any atom is 0.176 e. The molecule has 2 aliphatic rings. The van der Waals surface area contributed by atoms with E-state index in [9.17, 15) is 0 Å². The first-order valence-corrected chi connectivity index (χ1v) is 17.1. The molecule has 1 aromatic carbocycles. The lowest BCUT2D eigenvalue weighted by atomic mass is 10.0. The first-order valence-electron chi connectivity index (χ1n) is 17.1. The van der Waals surface area contributed by atoms with Crippen LogP contribution in [0, 0.1) is 0 Å². The topological polar surface area (TPSA) is 69.0 Å². The number of H-pyrrole nitrogens is 2. The van der Waals surface area contributed by atoms with Crippen molar-refractivity contribution in [2.75, 3.05) is 0 Å². The normalized spacial score (nSPS) is 12.1. The van der Waals surface area contributed by atoms with Gasteiger partial charge in [0.15, 0.2) is 37.2 Å². The van der Waals surface area contributed by atoms with Crippen LogP contribution in [0.15, 0.2) is 128 Å². The molecule has 7 aromatic rings. The third-order valence-corrected chi connectivity index (χ3v) is 9.50. The number of hydrogen-bond acceptors (Lipinski definition) is 2. The van der Waals surface area contributed by atoms with Gasteiger partial charge in [-0.05, 0) is 72.3 Å². The van der Waals surface area contributed by atoms with Gasteiger partial charge in [0.25, 0.3) is 0 Å². The SMILES string of the molecule is C[n+]1cccc(-c2c3nc(c(-c4ccccc4)c4nc(c(-c5ccc[n+](C)c5)c5ccc([nH]5)c(-c5ccc[n+](C)c5)c5ccc2[nH]5)C=C4)C=C3)c1. The summed E-state index contributed by atoms with van der Waals surface area (Å²) in [6.45, 7) is 0. The van der Waals surface area contributed by atoms with Crippen LogP contribution in [-0.4, -0.2) is 19.9 Å². The number of aromatic nitrogens is 7. The standard InChI is InChI=1S/C44H36N7/c1-49-23-7-12-30(26-49)42-35-17-15-33(45-35)41(29-10-5-4-6-11-29)34-16-18-36(46-34)43(31-13-8-24-50(2)27-31)38-20-22-40(48-38)44(39-21-19-37(42)47-39)32-14-9-25-51(3)28-32/h4-28,47-48H,1-3H3/q+3. The second-order valence-electron chi connectivity index (χ2n) is 13.1. The number of rotatable bonds is 4. The smallest absolute Gasteiger partial charge is 0.176 e. The van der Waals surface area contributed by atoms with Crippen LogP contribution in [0.1, 0.15) is 22.8 Å². The molecule has 0 radical (unpaired) electrons. The second-order valence-corrected chi connectivity index (χ2v) is 13.1. The molecule has 2 aliphatic heterocycles. The molecule has 0 atom stereocenters. The summed E-state index contributed by atoms with van der Waals surface area (Å²) in [5.41, 5.74) is 15.9. The highest BCUT2D eigenvalue weighted by Crippen LogP contribution is 2.37. The lowest BCUT2D eigenvalue weighted by Gasteiger charge is -2.06. The van der Waals surface area contributed by atoms with E-state index in [0.29, 0.717) is 0 Å². The Morgan fingerprint density at radius 1 is 0.373 bits per heavy atom. The first-order chi connectivity index (χ1) is 25.0. The van der Waals surface area contributed by atoms with E-state index < -0.39 is 0 Å². The van der Waals surface area contributed by atoms with Gasteiger partial charge >= 0.3 is 0 Å². The summed E-state index contributed by atoms with van der Waals surface area (Å²) in [5, 5.41) is 0. The van der Waals surface area contributed by atoms with Crippen LogP contribution in [0.4, 0.5) is 0 Å². The van der Waals surface area contributed by atoms with Gasteiger partial charge in [0.1, 0.15) is 21.1 Å². The van der Waals surface area contributed by atoms with Crippen LogP contribution >= 0.6 is 0 Å². The molecule has 8 bridgehead atoms. The molecule has 51 heavy (non-hydrogen) atoms. The summed E-state index contributed by atoms with van der Waals surface area (Å²) >= 11 is 0. The molecule has 2 N–H and O–H groups in total. The second kappa shape index (κ2) is 12.3. The number of aryl methyl sites for hydroxylation is 3. The Kier molecular flexibility index (Phi) is 7.32. The summed E-state index contributed by atoms with van der Waals surface area (Å²) in [4.78, 5) is 18.4. The number of nitrogens with zero attached hydrogens (tertiary/aromatic N) is 5. The van der Waals surface area contributed by atoms with E-state index in [1.54, 1.807) is 0 Å². The third-order valence-electron chi connectivity index (χ3n) is 9.50. The van der Waals surface area contributed by atoms with Gasteiger partial charge in [0.05, 0.1) is 22.8 Å². The molecule has 0 unspecified atom stereocenters. The number of pyridine rings is 3. The summed E-state index contributed by atoms with van der Waals surface area (Å²) in [6.07, 6.45) is 21.1. The van der Waals surface area contributed by atoms with Crippen molar-refractivity contribution in [2.24, 2.45) is 21.1 Å². The molecule has 0 amide bonds. The number of aromatic amines is 2. The van der Waals surface area contributed by atoms with Gasteiger partial charge in [-0.2, -0.15) is 0 Å². The van der Waals surface area contributed by atoms with E-state index in [2.05, 4.69) is 165 Å². The molecule has 6 aromatic heterocycles. The van der Waals surface area contributed by atoms with Crippen molar-refractivity contribution in [3.05, 3.63) is 151 Å². The maximum absolute atomic E-state index is 5.37. The molecule has 7 nitrogen and oxygen atoms in total. The molecule has 9 rings (SSSR count). The average molecular weight is 663 g/mol. The Balaban J connectivity index is 1.49. The highest BCUT2D eigenvalue weighted by molar-refractivity contribution is 5.99. The molecular weight excluding hydrogens is 627 g/mol. The van der Waals surface area contributed by atoms with Crippen molar-refractivity contribution < 1.29 is 13.7 Å². The van der Waals surface area contributed by atoms with Crippen molar-refractivity contribution in [3.8, 4) is 44.5 Å². The predicted octanol–water partition coefficient (Wildman–Crippen LogP) is 7.80. The highest BCUT2D eigenvalue weighted by atomic mass is 14.9. The molecule has 0 saturated carbocycles. The molecule has 8 heterocycles. The molecular formula is C44H36N7+3. The molecule has 0 saturated heterocycles. The highest BCUT2D eigenvalue weighted by Gasteiger charge is 2.20. The minimum Gasteiger partial charge on any atom is -0.354 e. The monoisotopic (exact) mass is 662 g/mol. The molecule has 7 heteroatoms. The summed E-state index contributed by atoms with van der Waals surface area (Å²) in [7, 11) is 6.16. The van der Waals surface area contributed by atoms with Gasteiger partial charge in [-0.3, -0.25) is 0 Å². The predicted molar refractivity (Wildman–Crippen MR) is 204 cm³/mol. The molecule has 0 aliphatic carbocycles. The third kappa shape index (κ3) is 5.55. The largest absolute Gasteiger partial charge is 0.354 e. The summed E-state index contributed by atoms with van der Waals surface area (Å²) < 4.78 is 6.24. The number of hydrogen-bond donors (Lipinski definition) is 2. The van der Waals surface area contributed by atoms with Crippen molar-refractivity contribution in [1.82, 2.24) is 19.9 Å². The van der Waals surface area contributed by atoms with E-state index in [1.807, 2.05) is 32.6 Å². The van der Waals surface area contributed by atoms with E-state index >= 15 is 0 Å². The van der Waals surface area contributed by atoms with Gasteiger partial charge in [-0.15, -0.1) is 0 Å². The van der Waals surface area contributed by atoms with Gasteiger partial charge in [-0.25, -0.2) is 23.7 Å². The Morgan fingerprint density at radius 3 is 1.14 bits per heavy atom. The molecule has 0 spiro atoms. The van der Waals surface area contributed by atoms with Crippen LogP contribution < -0.4 is 13.7 Å². The van der Waals surface area contributed by atoms with Crippen LogP contribution in [0.25, 0.3) is 90.9 Å². The van der Waals surface area contributed by atoms with Crippen LogP contribution in [0.5, 0.6) is 0 Å². The lowest BCUT2D eigenvalue weighted by Crippen LogP contribution is -2.26. The number of benzene rings is 1. The lowest BCUT2D eigenvalue weighted by molar-refractivity contribution is -0.671. The molecule has 244 valence electrons. The first kappa shape index (κ1) is 30.3. The fourth-order valence-corrected chi connectivity index (χ4v) is 7.23. The minimum atomic E-state index is 0.872. The van der Waals surface area contributed by atoms with E-state index in [4.69, 9.17) is 9.97 Å². The number of fused-ring (bicyclic) bond motifs is 8. The van der Waals surface area contributed by atoms with Crippen LogP contribution in [0.2, 0.25) is 0 Å². The zero-order valence-corrected chi connectivity index (χ0v) is 28.7. The molecule has 0 fully saturated rings. The van der Waals surface area contributed by atoms with Gasteiger partial charge in [-0.1, -0.05) is 30.3 Å². The Hall–Kier alpha value is -6.73. The quantitative estimate of drug-likeness (QED) is 0.189. The van der Waals surface area contributed by atoms with Crippen molar-refractivity contribution >= 4 is 46.4 Å². The van der Waals surface area contributed by atoms with Crippen molar-refractivity contribution in [2.45, 2.75) is 0 Å². The van der Waals surface area contributed by atoms with Crippen LogP contribution in [0.3, 0.4) is 0 Å². The Morgan fingerprint density at radius 2 is 0.725 bits per heavy atom. The van der Waals surface area contributed by atoms with Crippen molar-refractivity contribution in [1.29, 1.82) is 0 Å².